The summed E-state index contributed by atoms with van der Waals surface area (Å²) >= 11 is 0. The van der Waals surface area contributed by atoms with Gasteiger partial charge < -0.3 is 15.1 Å². The van der Waals surface area contributed by atoms with E-state index in [1.54, 1.807) is 35.3 Å². The number of nitrogens with one attached hydrogen (secondary N) is 2. The minimum atomic E-state index is -3.77. The van der Waals surface area contributed by atoms with Gasteiger partial charge in [-0.05, 0) is 49.2 Å². The number of benzene rings is 1. The number of nitrogens with zero attached hydrogens (tertiary/aromatic N) is 4. The van der Waals surface area contributed by atoms with E-state index in [0.29, 0.717) is 18.8 Å². The molecule has 2 N–H and O–H groups in total. The highest BCUT2D eigenvalue weighted by molar-refractivity contribution is 7.89. The summed E-state index contributed by atoms with van der Waals surface area (Å²) in [5, 5.41) is 8.83. The van der Waals surface area contributed by atoms with Crippen LogP contribution in [-0.4, -0.2) is 58.9 Å². The molecule has 0 unspecified atom stereocenters. The topological polar surface area (TPSA) is 139 Å². The minimum Gasteiger partial charge on any atom is -0.438 e. The molecule has 1 aliphatic rings. The minimum absolute atomic E-state index is 0.175. The van der Waals surface area contributed by atoms with E-state index < -0.39 is 21.8 Å². The zero-order valence-electron chi connectivity index (χ0n) is 17.1. The molecule has 32 heavy (non-hydrogen) atoms. The van der Waals surface area contributed by atoms with Crippen molar-refractivity contribution in [3.8, 4) is 5.69 Å². The lowest BCUT2D eigenvalue weighted by atomic mass is 10.2. The summed E-state index contributed by atoms with van der Waals surface area (Å²) in [4.78, 5) is 28.3. The van der Waals surface area contributed by atoms with Crippen LogP contribution in [0.2, 0.25) is 0 Å². The first-order valence-electron chi connectivity index (χ1n) is 10.1. The maximum Gasteiger partial charge on any atom is 0.287 e. The van der Waals surface area contributed by atoms with Crippen LogP contribution in [0.25, 0.3) is 5.69 Å². The van der Waals surface area contributed by atoms with E-state index in [1.165, 1.54) is 22.8 Å². The average molecular weight is 459 g/mol. The predicted molar refractivity (Wildman–Crippen MR) is 114 cm³/mol. The molecule has 0 aliphatic carbocycles. The standard InChI is InChI=1S/C20H22N6O5S/c27-18(24-15-4-6-16(7-5-15)26-14-21-13-23-26)12-22-20(28)17-8-9-19(31-17)32(29,30)25-10-2-1-3-11-25/h4-9,13-14H,1-3,10-12H2,(H,22,28)(H,24,27). The van der Waals surface area contributed by atoms with Crippen LogP contribution in [0.5, 0.6) is 0 Å². The summed E-state index contributed by atoms with van der Waals surface area (Å²) in [6.45, 7) is 0.563. The number of sulfonamides is 1. The second-order valence-electron chi connectivity index (χ2n) is 7.20. The third kappa shape index (κ3) is 4.86. The fourth-order valence-corrected chi connectivity index (χ4v) is 4.73. The van der Waals surface area contributed by atoms with Crippen molar-refractivity contribution >= 4 is 27.5 Å². The van der Waals surface area contributed by atoms with Gasteiger partial charge in [0.05, 0.1) is 12.2 Å². The largest absolute Gasteiger partial charge is 0.438 e. The molecule has 4 rings (SSSR count). The molecule has 2 amide bonds. The number of aromatic nitrogens is 3. The normalized spacial score (nSPS) is 14.8. The van der Waals surface area contributed by atoms with Gasteiger partial charge in [-0.1, -0.05) is 6.42 Å². The third-order valence-corrected chi connectivity index (χ3v) is 6.73. The van der Waals surface area contributed by atoms with E-state index in [1.807, 2.05) is 0 Å². The Bertz CT molecular complexity index is 1180. The molecule has 11 nitrogen and oxygen atoms in total. The maximum absolute atomic E-state index is 12.6. The molecular formula is C20H22N6O5S. The van der Waals surface area contributed by atoms with Crippen molar-refractivity contribution < 1.29 is 22.4 Å². The van der Waals surface area contributed by atoms with Crippen molar-refractivity contribution in [2.45, 2.75) is 24.4 Å². The van der Waals surface area contributed by atoms with Gasteiger partial charge in [-0.25, -0.2) is 18.1 Å². The zero-order valence-corrected chi connectivity index (χ0v) is 17.9. The van der Waals surface area contributed by atoms with E-state index >= 15 is 0 Å². The van der Waals surface area contributed by atoms with Gasteiger partial charge in [0.1, 0.15) is 12.7 Å². The number of carbonyl (C=O) groups excluding carboxylic acids is 2. The van der Waals surface area contributed by atoms with Crippen LogP contribution in [0.15, 0.2) is 58.6 Å². The van der Waals surface area contributed by atoms with Crippen molar-refractivity contribution in [3.63, 3.8) is 0 Å². The molecule has 12 heteroatoms. The lowest BCUT2D eigenvalue weighted by molar-refractivity contribution is -0.115. The maximum atomic E-state index is 12.6. The number of hydrogen-bond donors (Lipinski definition) is 2. The van der Waals surface area contributed by atoms with E-state index in [9.17, 15) is 18.0 Å². The summed E-state index contributed by atoms with van der Waals surface area (Å²) in [6, 6.07) is 9.45. The van der Waals surface area contributed by atoms with Crippen molar-refractivity contribution in [1.82, 2.24) is 24.4 Å². The number of amides is 2. The first-order valence-corrected chi connectivity index (χ1v) is 11.5. The first-order chi connectivity index (χ1) is 15.4. The SMILES string of the molecule is O=C(CNC(=O)c1ccc(S(=O)(=O)N2CCCCC2)o1)Nc1ccc(-n2cncn2)cc1. The number of furan rings is 1. The molecule has 0 saturated carbocycles. The summed E-state index contributed by atoms with van der Waals surface area (Å²) in [7, 11) is -3.77. The average Bonchev–Trinajstić information content (AvgIpc) is 3.51. The van der Waals surface area contributed by atoms with Gasteiger partial charge in [0, 0.05) is 18.8 Å². The van der Waals surface area contributed by atoms with Gasteiger partial charge in [0.15, 0.2) is 5.76 Å². The Kier molecular flexibility index (Phi) is 6.32. The van der Waals surface area contributed by atoms with E-state index in [2.05, 4.69) is 20.7 Å². The monoisotopic (exact) mass is 458 g/mol. The molecule has 1 aromatic carbocycles. The summed E-state index contributed by atoms with van der Waals surface area (Å²) in [6.07, 6.45) is 5.56. The van der Waals surface area contributed by atoms with Gasteiger partial charge in [0.2, 0.25) is 11.0 Å². The van der Waals surface area contributed by atoms with Crippen LogP contribution in [0, 0.1) is 0 Å². The number of rotatable bonds is 7. The van der Waals surface area contributed by atoms with Crippen LogP contribution in [0.4, 0.5) is 5.69 Å². The van der Waals surface area contributed by atoms with Crippen molar-refractivity contribution in [2.75, 3.05) is 25.0 Å². The molecule has 2 aromatic heterocycles. The fraction of sp³-hybridized carbons (Fsp3) is 0.300. The zero-order chi connectivity index (χ0) is 22.6. The smallest absolute Gasteiger partial charge is 0.287 e. The molecule has 0 atom stereocenters. The number of piperidine rings is 1. The summed E-state index contributed by atoms with van der Waals surface area (Å²) < 4.78 is 33.5. The summed E-state index contributed by atoms with van der Waals surface area (Å²) in [5.74, 6) is -1.30. The molecule has 3 aromatic rings. The lowest BCUT2D eigenvalue weighted by Gasteiger charge is -2.24. The molecule has 1 aliphatic heterocycles. The molecule has 1 fully saturated rings. The van der Waals surface area contributed by atoms with E-state index in [-0.39, 0.29) is 17.4 Å². The lowest BCUT2D eigenvalue weighted by Crippen LogP contribution is -2.35. The molecule has 168 valence electrons. The number of anilines is 1. The molecular weight excluding hydrogens is 436 g/mol. The molecule has 1 saturated heterocycles. The van der Waals surface area contributed by atoms with Crippen molar-refractivity contribution in [1.29, 1.82) is 0 Å². The molecule has 0 bridgehead atoms. The van der Waals surface area contributed by atoms with E-state index in [4.69, 9.17) is 4.42 Å². The Morgan fingerprint density at radius 1 is 1.03 bits per heavy atom. The Morgan fingerprint density at radius 3 is 2.47 bits per heavy atom. The van der Waals surface area contributed by atoms with Crippen LogP contribution in [0.1, 0.15) is 29.8 Å². The van der Waals surface area contributed by atoms with Crippen LogP contribution < -0.4 is 10.6 Å². The summed E-state index contributed by atoms with van der Waals surface area (Å²) in [5.41, 5.74) is 1.32. The quantitative estimate of drug-likeness (QED) is 0.545. The molecule has 0 radical (unpaired) electrons. The highest BCUT2D eigenvalue weighted by Crippen LogP contribution is 2.22. The highest BCUT2D eigenvalue weighted by Gasteiger charge is 2.29. The second kappa shape index (κ2) is 9.32. The van der Waals surface area contributed by atoms with Gasteiger partial charge in [-0.15, -0.1) is 0 Å². The van der Waals surface area contributed by atoms with Gasteiger partial charge >= 0.3 is 0 Å². The Labute approximate surface area is 184 Å². The van der Waals surface area contributed by atoms with Gasteiger partial charge in [-0.3, -0.25) is 9.59 Å². The second-order valence-corrected chi connectivity index (χ2v) is 9.07. The van der Waals surface area contributed by atoms with Crippen LogP contribution in [0.3, 0.4) is 0 Å². The van der Waals surface area contributed by atoms with Gasteiger partial charge in [-0.2, -0.15) is 9.40 Å². The highest BCUT2D eigenvalue weighted by atomic mass is 32.2. The van der Waals surface area contributed by atoms with Crippen molar-refractivity contribution in [3.05, 3.63) is 54.8 Å². The third-order valence-electron chi connectivity index (χ3n) is 4.96. The molecule has 0 spiro atoms. The van der Waals surface area contributed by atoms with Crippen molar-refractivity contribution in [2.24, 2.45) is 0 Å². The fourth-order valence-electron chi connectivity index (χ4n) is 3.31. The van der Waals surface area contributed by atoms with Gasteiger partial charge in [0.25, 0.3) is 15.9 Å². The number of carbonyl (C=O) groups is 2. The Balaban J connectivity index is 1.30. The Morgan fingerprint density at radius 2 is 1.78 bits per heavy atom. The number of hydrogen-bond acceptors (Lipinski definition) is 7. The van der Waals surface area contributed by atoms with E-state index in [0.717, 1.165) is 24.9 Å². The van der Waals surface area contributed by atoms with Crippen LogP contribution >= 0.6 is 0 Å². The molecule has 3 heterocycles. The first kappa shape index (κ1) is 21.7. The predicted octanol–water partition coefficient (Wildman–Crippen LogP) is 1.40. The Hall–Kier alpha value is -3.51. The van der Waals surface area contributed by atoms with Crippen LogP contribution in [-0.2, 0) is 14.8 Å².